The lowest BCUT2D eigenvalue weighted by atomic mass is 9.88. The number of H-pyrrole nitrogens is 1. The van der Waals surface area contributed by atoms with Crippen molar-refractivity contribution < 1.29 is 9.53 Å². The molecule has 0 unspecified atom stereocenters. The number of methoxy groups -OCH3 is 1. The van der Waals surface area contributed by atoms with Gasteiger partial charge in [-0.3, -0.25) is 4.79 Å². The summed E-state index contributed by atoms with van der Waals surface area (Å²) in [4.78, 5) is 16.5. The van der Waals surface area contributed by atoms with Gasteiger partial charge in [0.05, 0.1) is 25.2 Å². The first kappa shape index (κ1) is 25.0. The number of aryl methyl sites for hydroxylation is 2. The highest BCUT2D eigenvalue weighted by Gasteiger charge is 2.36. The quantitative estimate of drug-likeness (QED) is 0.280. The van der Waals surface area contributed by atoms with Crippen LogP contribution < -0.4 is 21.1 Å². The van der Waals surface area contributed by atoms with Crippen LogP contribution in [0.3, 0.4) is 0 Å². The SMILES string of the molecule is COc1ccc(Cn2c(CCc3c[nH]c4ccccc34)nnc2[C@@H](C)NC(=O)C2(N)CCNCC2)cc1. The Bertz CT molecular complexity index is 1350. The zero-order valence-electron chi connectivity index (χ0n) is 21.5. The van der Waals surface area contributed by atoms with E-state index < -0.39 is 5.54 Å². The smallest absolute Gasteiger partial charge is 0.240 e. The van der Waals surface area contributed by atoms with Crippen molar-refractivity contribution in [3.05, 3.63) is 77.5 Å². The number of nitrogens with two attached hydrogens (primary N) is 1. The second kappa shape index (κ2) is 10.7. The number of benzene rings is 2. The summed E-state index contributed by atoms with van der Waals surface area (Å²) in [6.45, 7) is 4.02. The summed E-state index contributed by atoms with van der Waals surface area (Å²) in [6, 6.07) is 16.0. The number of ether oxygens (including phenoxy) is 1. The van der Waals surface area contributed by atoms with Crippen molar-refractivity contribution in [3.63, 3.8) is 0 Å². The highest BCUT2D eigenvalue weighted by atomic mass is 16.5. The summed E-state index contributed by atoms with van der Waals surface area (Å²) in [6.07, 6.45) is 4.83. The first-order chi connectivity index (χ1) is 18.0. The van der Waals surface area contributed by atoms with E-state index in [4.69, 9.17) is 10.5 Å². The summed E-state index contributed by atoms with van der Waals surface area (Å²) in [5.74, 6) is 2.26. The van der Waals surface area contributed by atoms with E-state index in [-0.39, 0.29) is 11.9 Å². The minimum absolute atomic E-state index is 0.138. The van der Waals surface area contributed by atoms with E-state index in [0.29, 0.717) is 19.4 Å². The van der Waals surface area contributed by atoms with E-state index in [1.165, 1.54) is 10.9 Å². The van der Waals surface area contributed by atoms with Gasteiger partial charge in [0.25, 0.3) is 0 Å². The van der Waals surface area contributed by atoms with Gasteiger partial charge in [0, 0.05) is 23.5 Å². The lowest BCUT2D eigenvalue weighted by molar-refractivity contribution is -0.128. The lowest BCUT2D eigenvalue weighted by Crippen LogP contribution is -2.59. The largest absolute Gasteiger partial charge is 0.497 e. The molecule has 3 heterocycles. The number of carbonyl (C=O) groups excluding carboxylic acids is 1. The highest BCUT2D eigenvalue weighted by Crippen LogP contribution is 2.23. The molecule has 0 spiro atoms. The fourth-order valence-corrected chi connectivity index (χ4v) is 5.03. The van der Waals surface area contributed by atoms with E-state index in [9.17, 15) is 4.79 Å². The third-order valence-electron chi connectivity index (χ3n) is 7.33. The Hall–Kier alpha value is -3.69. The Balaban J connectivity index is 1.39. The van der Waals surface area contributed by atoms with Crippen molar-refractivity contribution in [1.29, 1.82) is 0 Å². The van der Waals surface area contributed by atoms with Crippen molar-refractivity contribution in [2.45, 2.75) is 50.7 Å². The molecule has 1 aliphatic rings. The van der Waals surface area contributed by atoms with Crippen LogP contribution in [0.5, 0.6) is 5.75 Å². The molecule has 37 heavy (non-hydrogen) atoms. The first-order valence-corrected chi connectivity index (χ1v) is 12.9. The number of nitrogens with zero attached hydrogens (tertiary/aromatic N) is 3. The fraction of sp³-hybridized carbons (Fsp3) is 0.393. The van der Waals surface area contributed by atoms with Crippen molar-refractivity contribution in [2.24, 2.45) is 5.73 Å². The number of aromatic amines is 1. The standard InChI is InChI=1S/C28H35N7O2/c1-19(32-27(36)28(29)13-15-30-16-14-28)26-34-33-25(35(26)18-20-7-10-22(37-2)11-8-20)12-9-21-17-31-24-6-4-3-5-23(21)24/h3-8,10-11,17,19,30-31H,9,12-16,18,29H2,1-2H3,(H,32,36)/t19-/m1/s1. The average molecular weight is 502 g/mol. The van der Waals surface area contributed by atoms with Gasteiger partial charge in [0.2, 0.25) is 5.91 Å². The normalized spacial score (nSPS) is 16.0. The van der Waals surface area contributed by atoms with E-state index in [1.54, 1.807) is 7.11 Å². The van der Waals surface area contributed by atoms with Gasteiger partial charge in [0.15, 0.2) is 5.82 Å². The molecule has 0 radical (unpaired) electrons. The number of rotatable bonds is 9. The van der Waals surface area contributed by atoms with Crippen LogP contribution in [0, 0.1) is 0 Å². The molecule has 4 aromatic rings. The first-order valence-electron chi connectivity index (χ1n) is 12.9. The van der Waals surface area contributed by atoms with E-state index in [2.05, 4.69) is 54.8 Å². The molecule has 9 heteroatoms. The van der Waals surface area contributed by atoms with E-state index in [1.807, 2.05) is 37.3 Å². The van der Waals surface area contributed by atoms with Gasteiger partial charge in [-0.25, -0.2) is 0 Å². The van der Waals surface area contributed by atoms with Gasteiger partial charge < -0.3 is 30.7 Å². The van der Waals surface area contributed by atoms with Crippen molar-refractivity contribution >= 4 is 16.8 Å². The molecule has 0 aliphatic carbocycles. The van der Waals surface area contributed by atoms with Crippen LogP contribution in [0.1, 0.15) is 48.6 Å². The summed E-state index contributed by atoms with van der Waals surface area (Å²) in [5.41, 5.74) is 9.07. The molecular formula is C28H35N7O2. The molecule has 1 atom stereocenters. The molecule has 0 saturated carbocycles. The number of nitrogens with one attached hydrogen (secondary N) is 3. The molecule has 1 saturated heterocycles. The predicted octanol–water partition coefficient (Wildman–Crippen LogP) is 2.86. The molecule has 9 nitrogen and oxygen atoms in total. The Morgan fingerprint density at radius 3 is 2.65 bits per heavy atom. The van der Waals surface area contributed by atoms with Crippen molar-refractivity contribution in [3.8, 4) is 5.75 Å². The van der Waals surface area contributed by atoms with Crippen LogP contribution in [0.4, 0.5) is 0 Å². The second-order valence-corrected chi connectivity index (χ2v) is 9.87. The van der Waals surface area contributed by atoms with Gasteiger partial charge in [0.1, 0.15) is 11.6 Å². The number of hydrogen-bond acceptors (Lipinski definition) is 6. The topological polar surface area (TPSA) is 123 Å². The molecule has 194 valence electrons. The molecular weight excluding hydrogens is 466 g/mol. The van der Waals surface area contributed by atoms with Crippen LogP contribution >= 0.6 is 0 Å². The number of para-hydroxylation sites is 1. The summed E-state index contributed by atoms with van der Waals surface area (Å²) >= 11 is 0. The van der Waals surface area contributed by atoms with Gasteiger partial charge in [-0.05, 0) is 68.6 Å². The maximum atomic E-state index is 13.1. The molecule has 1 aliphatic heterocycles. The van der Waals surface area contributed by atoms with Crippen molar-refractivity contribution in [1.82, 2.24) is 30.4 Å². The number of piperidine rings is 1. The molecule has 1 amide bonds. The second-order valence-electron chi connectivity index (χ2n) is 9.87. The van der Waals surface area contributed by atoms with Gasteiger partial charge >= 0.3 is 0 Å². The monoisotopic (exact) mass is 501 g/mol. The number of aromatic nitrogens is 4. The highest BCUT2D eigenvalue weighted by molar-refractivity contribution is 5.86. The van der Waals surface area contributed by atoms with Crippen LogP contribution in [0.2, 0.25) is 0 Å². The molecule has 5 rings (SSSR count). The third kappa shape index (κ3) is 5.38. The third-order valence-corrected chi connectivity index (χ3v) is 7.33. The summed E-state index contributed by atoms with van der Waals surface area (Å²) in [5, 5.41) is 16.7. The maximum absolute atomic E-state index is 13.1. The lowest BCUT2D eigenvalue weighted by Gasteiger charge is -2.33. The zero-order valence-corrected chi connectivity index (χ0v) is 21.5. The fourth-order valence-electron chi connectivity index (χ4n) is 5.03. The minimum Gasteiger partial charge on any atom is -0.497 e. The van der Waals surface area contributed by atoms with Gasteiger partial charge in [-0.1, -0.05) is 30.3 Å². The predicted molar refractivity (Wildman–Crippen MR) is 143 cm³/mol. The number of hydrogen-bond donors (Lipinski definition) is 4. The van der Waals surface area contributed by atoms with E-state index in [0.717, 1.165) is 54.4 Å². The molecule has 2 aromatic heterocycles. The zero-order chi connectivity index (χ0) is 25.8. The van der Waals surface area contributed by atoms with Crippen LogP contribution in [0.15, 0.2) is 54.7 Å². The Labute approximate surface area is 216 Å². The molecule has 0 bridgehead atoms. The number of fused-ring (bicyclic) bond motifs is 1. The number of carbonyl (C=O) groups is 1. The summed E-state index contributed by atoms with van der Waals surface area (Å²) < 4.78 is 7.44. The average Bonchev–Trinajstić information content (AvgIpc) is 3.52. The van der Waals surface area contributed by atoms with Gasteiger partial charge in [-0.2, -0.15) is 0 Å². The molecule has 5 N–H and O–H groups in total. The van der Waals surface area contributed by atoms with Crippen LogP contribution in [-0.4, -0.2) is 51.4 Å². The molecule has 2 aromatic carbocycles. The van der Waals surface area contributed by atoms with Crippen LogP contribution in [0.25, 0.3) is 10.9 Å². The van der Waals surface area contributed by atoms with E-state index >= 15 is 0 Å². The molecule has 1 fully saturated rings. The number of amides is 1. The maximum Gasteiger partial charge on any atom is 0.240 e. The Morgan fingerprint density at radius 2 is 1.89 bits per heavy atom. The minimum atomic E-state index is -0.863. The van der Waals surface area contributed by atoms with Gasteiger partial charge in [-0.15, -0.1) is 10.2 Å². The Morgan fingerprint density at radius 1 is 1.14 bits per heavy atom. The summed E-state index contributed by atoms with van der Waals surface area (Å²) in [7, 11) is 1.66. The van der Waals surface area contributed by atoms with Crippen molar-refractivity contribution in [2.75, 3.05) is 20.2 Å². The Kier molecular flexibility index (Phi) is 7.25. The van der Waals surface area contributed by atoms with Crippen LogP contribution in [-0.2, 0) is 24.2 Å².